The number of halogens is 68. The SMILES string of the molecule is FC(F)(F)C(F)(F)C(F)(F)C(F)(F)C(F)(F)C(F)(F)C(F)(F)C(F)(F)N(N(C(F)(F)C(F)(F)C(F)(F)C(F)(F)C(F)(F)C(F)(F)C(F)(F)C(F)(F)F)C(F)(F)C(F)(F)C(F)(F)C(F)(F)C(F)(F)C(F)(F)C(F)(F)C(F)(F)F)C(F)(F)C(F)(F)C(F)(F)C(F)(F)C(F)(F)C(F)(F)C(F)(F)C(F)(F)F. The van der Waals surface area contributed by atoms with Crippen molar-refractivity contribution in [1.29, 1.82) is 0 Å². The first-order valence-electron chi connectivity index (χ1n) is 20.9. The fraction of sp³-hybridized carbons (Fsp3) is 1.00. The molecular weight excluding hydrogens is 1700 g/mol. The number of hydrazine groups is 1. The second-order valence-electron chi connectivity index (χ2n) is 18.6. The Bertz CT molecular complexity index is 2580. The molecule has 0 radical (unpaired) electrons. The van der Waals surface area contributed by atoms with Gasteiger partial charge in [-0.25, -0.2) is 0 Å². The molecule has 0 aromatic heterocycles. The Morgan fingerprint density at radius 1 is 0.0784 bits per heavy atom. The summed E-state index contributed by atoms with van der Waals surface area (Å²) in [5, 5.41) is -17.8. The lowest BCUT2D eigenvalue weighted by atomic mass is 9.88. The van der Waals surface area contributed by atoms with Crippen molar-refractivity contribution < 1.29 is 299 Å². The van der Waals surface area contributed by atoms with Gasteiger partial charge in [0, 0.05) is 0 Å². The van der Waals surface area contributed by atoms with Crippen LogP contribution in [-0.4, -0.2) is 201 Å². The molecule has 0 amide bonds. The minimum Gasteiger partial charge on any atom is -0.192 e. The van der Waals surface area contributed by atoms with Crippen LogP contribution in [-0.2, 0) is 0 Å². The zero-order valence-electron chi connectivity index (χ0n) is 42.6. The number of hydrogen-bond acceptors (Lipinski definition) is 2. The van der Waals surface area contributed by atoms with Gasteiger partial charge in [-0.3, -0.25) is 0 Å². The van der Waals surface area contributed by atoms with Gasteiger partial charge in [0.2, 0.25) is 0 Å². The van der Waals surface area contributed by atoms with E-state index in [9.17, 15) is 228 Å². The molecule has 0 aromatic rings. The van der Waals surface area contributed by atoms with Crippen LogP contribution in [0.2, 0.25) is 0 Å². The number of nitrogens with zero attached hydrogens (tertiary/aromatic N) is 2. The first kappa shape index (κ1) is 97.2. The summed E-state index contributed by atoms with van der Waals surface area (Å²) in [5.74, 6) is -271. The number of alkyl halides is 68. The fourth-order valence-corrected chi connectivity index (χ4v) is 6.01. The van der Waals surface area contributed by atoms with Crippen LogP contribution in [0.25, 0.3) is 0 Å². The molecule has 2 nitrogen and oxygen atoms in total. The van der Waals surface area contributed by atoms with Crippen molar-refractivity contribution in [3.63, 3.8) is 0 Å². The van der Waals surface area contributed by atoms with Crippen molar-refractivity contribution in [3.05, 3.63) is 0 Å². The van der Waals surface area contributed by atoms with Crippen molar-refractivity contribution in [2.45, 2.75) is 191 Å². The van der Waals surface area contributed by atoms with Crippen LogP contribution in [0.1, 0.15) is 0 Å². The minimum absolute atomic E-state index is 8.88. The summed E-state index contributed by atoms with van der Waals surface area (Å²) < 4.78 is 967. The zero-order chi connectivity index (χ0) is 85.2. The molecule has 0 spiro atoms. The van der Waals surface area contributed by atoms with E-state index in [1.807, 2.05) is 0 Å². The van der Waals surface area contributed by atoms with Crippen molar-refractivity contribution >= 4 is 0 Å². The van der Waals surface area contributed by atoms with Gasteiger partial charge >= 0.3 is 191 Å². The van der Waals surface area contributed by atoms with Crippen LogP contribution in [0.15, 0.2) is 0 Å². The Labute approximate surface area is 501 Å². The first-order valence-corrected chi connectivity index (χ1v) is 20.9. The molecule has 0 atom stereocenters. The lowest BCUT2D eigenvalue weighted by Gasteiger charge is -2.55. The Hall–Kier alpha value is -4.84. The van der Waals surface area contributed by atoms with Gasteiger partial charge in [0.25, 0.3) is 0 Å². The summed E-state index contributed by atoms with van der Waals surface area (Å²) in [6.07, 6.45) is -37.3. The zero-order valence-corrected chi connectivity index (χ0v) is 42.6. The molecule has 0 fully saturated rings. The van der Waals surface area contributed by atoms with Crippen molar-refractivity contribution in [2.24, 2.45) is 0 Å². The van der Waals surface area contributed by atoms with Gasteiger partial charge in [0.05, 0.1) is 0 Å². The highest BCUT2D eigenvalue weighted by Crippen LogP contribution is 2.74. The molecule has 0 heterocycles. The van der Waals surface area contributed by atoms with Crippen LogP contribution in [0.3, 0.4) is 0 Å². The van der Waals surface area contributed by atoms with Crippen LogP contribution in [0.5, 0.6) is 0 Å². The molecule has 0 aliphatic carbocycles. The molecule has 0 aromatic carbocycles. The largest absolute Gasteiger partial charge is 0.460 e. The smallest absolute Gasteiger partial charge is 0.192 e. The van der Waals surface area contributed by atoms with Crippen LogP contribution in [0, 0.1) is 0 Å². The van der Waals surface area contributed by atoms with E-state index in [4.69, 9.17) is 0 Å². The highest BCUT2D eigenvalue weighted by Gasteiger charge is 3.05. The predicted molar refractivity (Wildman–Crippen MR) is 166 cm³/mol. The standard InChI is InChI=1S/C32F68N2/c33-1(34,9(49,50)17(65,66)25(81,82)83)5(41,42)13(57,58)21(73,74)29(93,94)101(30(95,96)22(75,76)14(59,60)6(43,44)2(35,36)10(51,52)18(67,68)26(84,85)86)102(31(97,98)23(77,78)15(61,62)7(45,46)3(37,38)11(53,54)19(69,70)27(87,88)89)32(99,100)24(79,80)16(63,64)8(47,48)4(39,40)12(55,56)20(71,72)28(90,91)92. The Morgan fingerprint density at radius 2 is 0.137 bits per heavy atom. The second kappa shape index (κ2) is 23.3. The summed E-state index contributed by atoms with van der Waals surface area (Å²) in [4.78, 5) is 0. The topological polar surface area (TPSA) is 6.48 Å². The highest BCUT2D eigenvalue weighted by atomic mass is 19.5. The third-order valence-corrected chi connectivity index (χ3v) is 12.1. The Balaban J connectivity index is 11.7. The lowest BCUT2D eigenvalue weighted by Crippen LogP contribution is -2.87. The van der Waals surface area contributed by atoms with E-state index >= 15 is 70.2 Å². The lowest BCUT2D eigenvalue weighted by molar-refractivity contribution is -0.575. The third-order valence-electron chi connectivity index (χ3n) is 12.1. The quantitative estimate of drug-likeness (QED) is 0.0418. The molecule has 102 heavy (non-hydrogen) atoms. The summed E-state index contributed by atoms with van der Waals surface area (Å²) >= 11 is 0. The Kier molecular flexibility index (Phi) is 22.2. The van der Waals surface area contributed by atoms with Gasteiger partial charge in [-0.2, -0.15) is 299 Å². The normalized spacial score (nSPS) is 17.6. The number of hydrogen-bond donors (Lipinski definition) is 0. The molecule has 0 aliphatic rings. The van der Waals surface area contributed by atoms with E-state index < -0.39 is 201 Å². The monoisotopic (exact) mass is 1700 g/mol. The van der Waals surface area contributed by atoms with Gasteiger partial charge < -0.3 is 0 Å². The van der Waals surface area contributed by atoms with Gasteiger partial charge in [0.15, 0.2) is 0 Å². The number of rotatable bonds is 29. The van der Waals surface area contributed by atoms with E-state index in [0.717, 1.165) is 0 Å². The van der Waals surface area contributed by atoms with Gasteiger partial charge in [-0.1, -0.05) is 10.0 Å². The van der Waals surface area contributed by atoms with Crippen LogP contribution >= 0.6 is 0 Å². The average molecular weight is 1700 g/mol. The molecule has 0 unspecified atom stereocenters. The molecule has 0 rings (SSSR count). The molecule has 0 aliphatic heterocycles. The summed E-state index contributed by atoms with van der Waals surface area (Å²) in [7, 11) is 0. The van der Waals surface area contributed by atoms with Crippen molar-refractivity contribution in [2.75, 3.05) is 0 Å². The average Bonchev–Trinajstić information content (AvgIpc) is 0.668. The molecule has 0 saturated carbocycles. The summed E-state index contributed by atoms with van der Waals surface area (Å²) in [6, 6.07) is -52.1. The molecule has 0 saturated heterocycles. The van der Waals surface area contributed by atoms with Crippen molar-refractivity contribution in [3.8, 4) is 0 Å². The van der Waals surface area contributed by atoms with Crippen LogP contribution in [0.4, 0.5) is 299 Å². The van der Waals surface area contributed by atoms with Crippen LogP contribution < -0.4 is 0 Å². The molecule has 0 N–H and O–H groups in total. The van der Waals surface area contributed by atoms with Gasteiger partial charge in [0.1, 0.15) is 0 Å². The molecule has 70 heteroatoms. The van der Waals surface area contributed by atoms with Crippen molar-refractivity contribution in [1.82, 2.24) is 10.0 Å². The summed E-state index contributed by atoms with van der Waals surface area (Å²) in [5.41, 5.74) is 0. The molecule has 0 bridgehead atoms. The highest BCUT2D eigenvalue weighted by molar-refractivity contribution is 5.23. The maximum Gasteiger partial charge on any atom is 0.460 e. The van der Waals surface area contributed by atoms with E-state index in [1.54, 1.807) is 0 Å². The van der Waals surface area contributed by atoms with Gasteiger partial charge in [-0.15, -0.1) is 0 Å². The minimum atomic E-state index is -13.0. The maximum absolute atomic E-state index is 15.9. The van der Waals surface area contributed by atoms with E-state index in [1.165, 1.54) is 0 Å². The third kappa shape index (κ3) is 11.1. The van der Waals surface area contributed by atoms with E-state index in [-0.39, 0.29) is 0 Å². The van der Waals surface area contributed by atoms with E-state index in [0.29, 0.717) is 0 Å². The predicted octanol–water partition coefficient (Wildman–Crippen LogP) is 21.4. The van der Waals surface area contributed by atoms with E-state index in [2.05, 4.69) is 0 Å². The molecular formula is C32F68N2. The fourth-order valence-electron chi connectivity index (χ4n) is 6.01. The Morgan fingerprint density at radius 3 is 0.206 bits per heavy atom. The second-order valence-corrected chi connectivity index (χ2v) is 18.6. The van der Waals surface area contributed by atoms with Gasteiger partial charge in [-0.05, 0) is 0 Å². The maximum atomic E-state index is 15.9. The first-order chi connectivity index (χ1) is 42.5. The molecule has 614 valence electrons. The summed E-state index contributed by atoms with van der Waals surface area (Å²) in [6.45, 7) is 0.